The van der Waals surface area contributed by atoms with Gasteiger partial charge in [0.25, 0.3) is 0 Å². The van der Waals surface area contributed by atoms with Gasteiger partial charge in [-0.3, -0.25) is 0 Å². The van der Waals surface area contributed by atoms with Gasteiger partial charge in [0, 0.05) is 26.2 Å². The van der Waals surface area contributed by atoms with Gasteiger partial charge >= 0.3 is 6.09 Å². The summed E-state index contributed by atoms with van der Waals surface area (Å²) in [4.78, 5) is 21.5. The Balaban J connectivity index is 1.61. The number of likely N-dealkylation sites (N-methyl/N-ethyl adjacent to an activating group) is 1. The number of rotatable bonds is 4. The molecule has 32 heavy (non-hydrogen) atoms. The molecule has 2 heterocycles. The van der Waals surface area contributed by atoms with Crippen LogP contribution in [0.2, 0.25) is 0 Å². The molecule has 1 atom stereocenters. The van der Waals surface area contributed by atoms with Gasteiger partial charge < -0.3 is 19.1 Å². The van der Waals surface area contributed by atoms with E-state index >= 15 is 0 Å². The lowest BCUT2D eigenvalue weighted by Gasteiger charge is -2.38. The van der Waals surface area contributed by atoms with Crippen molar-refractivity contribution in [1.82, 2.24) is 14.5 Å². The molecule has 1 amide bonds. The number of para-hydroxylation sites is 2. The zero-order chi connectivity index (χ0) is 22.9. The Kier molecular flexibility index (Phi) is 6.09. The molecule has 0 saturated carbocycles. The van der Waals surface area contributed by atoms with Crippen molar-refractivity contribution in [3.63, 3.8) is 0 Å². The van der Waals surface area contributed by atoms with Crippen LogP contribution in [0.4, 0.5) is 15.1 Å². The van der Waals surface area contributed by atoms with E-state index in [1.54, 1.807) is 17.0 Å². The van der Waals surface area contributed by atoms with Crippen LogP contribution in [-0.2, 0) is 11.3 Å². The molecule has 6 nitrogen and oxygen atoms in total. The fraction of sp³-hybridized carbons (Fsp3) is 0.440. The van der Waals surface area contributed by atoms with Crippen LogP contribution >= 0.6 is 0 Å². The number of carbonyl (C=O) groups excluding carboxylic acids is 1. The highest BCUT2D eigenvalue weighted by Crippen LogP contribution is 2.27. The number of aromatic nitrogens is 2. The van der Waals surface area contributed by atoms with Crippen LogP contribution in [0, 0.1) is 5.82 Å². The number of hydrogen-bond donors (Lipinski definition) is 0. The van der Waals surface area contributed by atoms with Crippen LogP contribution in [0.1, 0.15) is 39.2 Å². The van der Waals surface area contributed by atoms with E-state index in [9.17, 15) is 9.18 Å². The number of halogens is 1. The fourth-order valence-electron chi connectivity index (χ4n) is 4.23. The molecule has 1 aliphatic rings. The molecule has 3 aromatic rings. The van der Waals surface area contributed by atoms with Crippen molar-refractivity contribution >= 4 is 23.1 Å². The number of fused-ring (bicyclic) bond motifs is 1. The summed E-state index contributed by atoms with van der Waals surface area (Å²) < 4.78 is 21.5. The largest absolute Gasteiger partial charge is 0.444 e. The predicted octanol–water partition coefficient (Wildman–Crippen LogP) is 5.06. The summed E-state index contributed by atoms with van der Waals surface area (Å²) in [6.07, 6.45) is 1.58. The average Bonchev–Trinajstić information content (AvgIpc) is 3.10. The second-order valence-corrected chi connectivity index (χ2v) is 9.45. The van der Waals surface area contributed by atoms with E-state index in [0.29, 0.717) is 19.6 Å². The third-order valence-electron chi connectivity index (χ3n) is 5.78. The number of anilines is 1. The summed E-state index contributed by atoms with van der Waals surface area (Å²) in [5.41, 5.74) is 2.25. The van der Waals surface area contributed by atoms with E-state index in [4.69, 9.17) is 9.72 Å². The van der Waals surface area contributed by atoms with Crippen molar-refractivity contribution in [3.8, 4) is 0 Å². The molecule has 1 aromatic heterocycles. The summed E-state index contributed by atoms with van der Waals surface area (Å²) in [7, 11) is 2.02. The van der Waals surface area contributed by atoms with Gasteiger partial charge in [-0.1, -0.05) is 24.3 Å². The molecule has 0 radical (unpaired) electrons. The highest BCUT2D eigenvalue weighted by atomic mass is 19.1. The van der Waals surface area contributed by atoms with Crippen LogP contribution in [0.5, 0.6) is 0 Å². The molecule has 2 aromatic carbocycles. The number of likely N-dealkylation sites (tertiary alicyclic amines) is 1. The van der Waals surface area contributed by atoms with Gasteiger partial charge in [0.05, 0.1) is 17.6 Å². The third-order valence-corrected chi connectivity index (χ3v) is 5.78. The minimum atomic E-state index is -0.519. The Morgan fingerprint density at radius 1 is 1.22 bits per heavy atom. The number of ether oxygens (including phenoxy) is 1. The van der Waals surface area contributed by atoms with E-state index in [-0.39, 0.29) is 18.0 Å². The summed E-state index contributed by atoms with van der Waals surface area (Å²) in [5, 5.41) is 0. The van der Waals surface area contributed by atoms with Crippen molar-refractivity contribution in [1.29, 1.82) is 0 Å². The lowest BCUT2D eigenvalue weighted by atomic mass is 10.1. The Morgan fingerprint density at radius 3 is 2.75 bits per heavy atom. The third kappa shape index (κ3) is 4.87. The first-order chi connectivity index (χ1) is 15.2. The molecular weight excluding hydrogens is 407 g/mol. The summed E-state index contributed by atoms with van der Waals surface area (Å²) in [6, 6.07) is 14.8. The van der Waals surface area contributed by atoms with Crippen molar-refractivity contribution in [2.45, 2.75) is 51.8 Å². The Morgan fingerprint density at radius 2 is 2.00 bits per heavy atom. The standard InChI is InChI=1S/C25H31FN4O2/c1-25(2,3)32-24(31)29-14-8-11-20(17-29)28(4)23-27-21-12-5-6-13-22(21)30(23)16-18-9-7-10-19(26)15-18/h5-7,9-10,12-13,15,20H,8,11,14,16-17H2,1-4H3/t20-/m1/s1. The summed E-state index contributed by atoms with van der Waals surface area (Å²) in [6.45, 7) is 7.43. The lowest BCUT2D eigenvalue weighted by molar-refractivity contribution is 0.0199. The number of benzene rings is 2. The van der Waals surface area contributed by atoms with Crippen LogP contribution < -0.4 is 4.90 Å². The monoisotopic (exact) mass is 438 g/mol. The SMILES string of the molecule is CN(c1nc2ccccc2n1Cc1cccc(F)c1)[C@@H]1CCCN(C(=O)OC(C)(C)C)C1. The predicted molar refractivity (Wildman–Crippen MR) is 124 cm³/mol. The molecule has 170 valence electrons. The van der Waals surface area contributed by atoms with Gasteiger partial charge in [-0.15, -0.1) is 0 Å². The fourth-order valence-corrected chi connectivity index (χ4v) is 4.23. The molecule has 0 unspecified atom stereocenters. The highest BCUT2D eigenvalue weighted by molar-refractivity contribution is 5.79. The number of hydrogen-bond acceptors (Lipinski definition) is 4. The molecule has 0 bridgehead atoms. The van der Waals surface area contributed by atoms with Crippen LogP contribution in [0.15, 0.2) is 48.5 Å². The molecule has 1 aliphatic heterocycles. The van der Waals surface area contributed by atoms with E-state index in [1.807, 2.05) is 58.2 Å². The van der Waals surface area contributed by atoms with Gasteiger partial charge in [0.1, 0.15) is 11.4 Å². The average molecular weight is 439 g/mol. The van der Waals surface area contributed by atoms with Crippen LogP contribution in [0.3, 0.4) is 0 Å². The maximum atomic E-state index is 13.8. The smallest absolute Gasteiger partial charge is 0.410 e. The minimum absolute atomic E-state index is 0.111. The van der Waals surface area contributed by atoms with Crippen molar-refractivity contribution in [3.05, 3.63) is 59.9 Å². The number of piperidine rings is 1. The number of amides is 1. The van der Waals surface area contributed by atoms with Gasteiger partial charge in [-0.25, -0.2) is 14.2 Å². The van der Waals surface area contributed by atoms with Crippen LogP contribution in [-0.4, -0.2) is 52.3 Å². The molecular formula is C25H31FN4O2. The molecule has 7 heteroatoms. The highest BCUT2D eigenvalue weighted by Gasteiger charge is 2.31. The molecule has 1 fully saturated rings. The Bertz CT molecular complexity index is 1100. The number of nitrogens with zero attached hydrogens (tertiary/aromatic N) is 4. The maximum Gasteiger partial charge on any atom is 0.410 e. The number of carbonyl (C=O) groups is 1. The zero-order valence-electron chi connectivity index (χ0n) is 19.2. The Hall–Kier alpha value is -3.09. The first kappa shape index (κ1) is 22.1. The quantitative estimate of drug-likeness (QED) is 0.571. The topological polar surface area (TPSA) is 50.6 Å². The second kappa shape index (κ2) is 8.81. The van der Waals surface area contributed by atoms with Crippen molar-refractivity contribution < 1.29 is 13.9 Å². The van der Waals surface area contributed by atoms with Crippen molar-refractivity contribution in [2.75, 3.05) is 25.0 Å². The van der Waals surface area contributed by atoms with E-state index < -0.39 is 5.60 Å². The maximum absolute atomic E-state index is 13.8. The second-order valence-electron chi connectivity index (χ2n) is 9.45. The van der Waals surface area contributed by atoms with Gasteiger partial charge in [-0.05, 0) is 63.4 Å². The van der Waals surface area contributed by atoms with E-state index in [1.165, 1.54) is 6.07 Å². The van der Waals surface area contributed by atoms with Gasteiger partial charge in [-0.2, -0.15) is 0 Å². The molecule has 4 rings (SSSR count). The van der Waals surface area contributed by atoms with E-state index in [2.05, 4.69) is 9.47 Å². The molecule has 0 spiro atoms. The van der Waals surface area contributed by atoms with Crippen LogP contribution in [0.25, 0.3) is 11.0 Å². The molecule has 0 N–H and O–H groups in total. The zero-order valence-corrected chi connectivity index (χ0v) is 19.2. The van der Waals surface area contributed by atoms with Gasteiger partial charge in [0.2, 0.25) is 5.95 Å². The minimum Gasteiger partial charge on any atom is -0.444 e. The molecule has 1 saturated heterocycles. The number of imidazole rings is 1. The lowest BCUT2D eigenvalue weighted by Crippen LogP contribution is -2.50. The summed E-state index contributed by atoms with van der Waals surface area (Å²) in [5.74, 6) is 0.564. The van der Waals surface area contributed by atoms with Gasteiger partial charge in [0.15, 0.2) is 0 Å². The normalized spacial score (nSPS) is 16.9. The first-order valence-corrected chi connectivity index (χ1v) is 11.1. The van der Waals surface area contributed by atoms with E-state index in [0.717, 1.165) is 35.4 Å². The first-order valence-electron chi connectivity index (χ1n) is 11.1. The summed E-state index contributed by atoms with van der Waals surface area (Å²) >= 11 is 0. The molecule has 0 aliphatic carbocycles. The Labute approximate surface area is 188 Å². The van der Waals surface area contributed by atoms with Crippen molar-refractivity contribution in [2.24, 2.45) is 0 Å².